The Balaban J connectivity index is 1.96. The monoisotopic (exact) mass is 272 g/mol. The number of anilines is 2. The van der Waals surface area contributed by atoms with Gasteiger partial charge in [0.05, 0.1) is 17.1 Å². The van der Waals surface area contributed by atoms with Crippen LogP contribution in [0.25, 0.3) is 0 Å². The van der Waals surface area contributed by atoms with Crippen LogP contribution in [-0.2, 0) is 18.3 Å². The highest BCUT2D eigenvalue weighted by molar-refractivity contribution is 5.92. The second-order valence-electron chi connectivity index (χ2n) is 4.96. The lowest BCUT2D eigenvalue weighted by Crippen LogP contribution is -2.13. The molecule has 5 heteroatoms. The van der Waals surface area contributed by atoms with Crippen LogP contribution in [0.1, 0.15) is 23.4 Å². The molecule has 106 valence electrons. The van der Waals surface area contributed by atoms with Crippen molar-refractivity contribution in [1.82, 2.24) is 9.78 Å². The maximum atomic E-state index is 12.0. The van der Waals surface area contributed by atoms with Crippen molar-refractivity contribution >= 4 is 17.3 Å². The SMILES string of the molecule is Cc1nn(C)c(C)c1NC(=O)CCc1cccc(N)c1. The van der Waals surface area contributed by atoms with Gasteiger partial charge in [-0.05, 0) is 38.0 Å². The van der Waals surface area contributed by atoms with E-state index in [1.54, 1.807) is 4.68 Å². The number of hydrogen-bond donors (Lipinski definition) is 2. The molecular weight excluding hydrogens is 252 g/mol. The second-order valence-corrected chi connectivity index (χ2v) is 4.96. The molecule has 0 bridgehead atoms. The molecule has 20 heavy (non-hydrogen) atoms. The van der Waals surface area contributed by atoms with E-state index in [0.29, 0.717) is 12.8 Å². The molecule has 0 unspecified atom stereocenters. The Morgan fingerprint density at radius 2 is 2.15 bits per heavy atom. The third-order valence-corrected chi connectivity index (χ3v) is 3.37. The molecule has 0 radical (unpaired) electrons. The highest BCUT2D eigenvalue weighted by atomic mass is 16.1. The number of benzene rings is 1. The first-order valence-electron chi connectivity index (χ1n) is 6.62. The molecular formula is C15H20N4O. The summed E-state index contributed by atoms with van der Waals surface area (Å²) in [6, 6.07) is 7.61. The van der Waals surface area contributed by atoms with Gasteiger partial charge >= 0.3 is 0 Å². The van der Waals surface area contributed by atoms with Crippen molar-refractivity contribution in [1.29, 1.82) is 0 Å². The number of nitrogens with one attached hydrogen (secondary N) is 1. The largest absolute Gasteiger partial charge is 0.399 e. The van der Waals surface area contributed by atoms with E-state index in [1.165, 1.54) is 0 Å². The van der Waals surface area contributed by atoms with Gasteiger partial charge in [0, 0.05) is 19.2 Å². The molecule has 1 heterocycles. The average Bonchev–Trinajstić information content (AvgIpc) is 2.63. The first kappa shape index (κ1) is 14.1. The van der Waals surface area contributed by atoms with Crippen molar-refractivity contribution in [3.8, 4) is 0 Å². The number of amides is 1. The summed E-state index contributed by atoms with van der Waals surface area (Å²) in [5.41, 5.74) is 10.1. The van der Waals surface area contributed by atoms with E-state index in [0.717, 1.165) is 28.3 Å². The van der Waals surface area contributed by atoms with Crippen molar-refractivity contribution in [3.63, 3.8) is 0 Å². The highest BCUT2D eigenvalue weighted by Crippen LogP contribution is 2.18. The predicted octanol–water partition coefficient (Wildman–Crippen LogP) is 2.19. The minimum absolute atomic E-state index is 0.00776. The quantitative estimate of drug-likeness (QED) is 0.838. The molecule has 0 saturated heterocycles. The van der Waals surface area contributed by atoms with Crippen molar-refractivity contribution in [2.24, 2.45) is 7.05 Å². The molecule has 5 nitrogen and oxygen atoms in total. The summed E-state index contributed by atoms with van der Waals surface area (Å²) in [7, 11) is 1.87. The molecule has 0 aliphatic heterocycles. The zero-order chi connectivity index (χ0) is 14.7. The molecule has 2 aromatic rings. The van der Waals surface area contributed by atoms with Crippen LogP contribution in [0.3, 0.4) is 0 Å². The van der Waals surface area contributed by atoms with Crippen LogP contribution in [0.2, 0.25) is 0 Å². The van der Waals surface area contributed by atoms with Crippen LogP contribution < -0.4 is 11.1 Å². The molecule has 0 fully saturated rings. The lowest BCUT2D eigenvalue weighted by atomic mass is 10.1. The number of hydrogen-bond acceptors (Lipinski definition) is 3. The summed E-state index contributed by atoms with van der Waals surface area (Å²) in [5, 5.41) is 7.21. The molecule has 0 aliphatic rings. The van der Waals surface area contributed by atoms with E-state index in [1.807, 2.05) is 45.2 Å². The van der Waals surface area contributed by atoms with E-state index in [2.05, 4.69) is 10.4 Å². The number of nitrogen functional groups attached to an aromatic ring is 1. The van der Waals surface area contributed by atoms with Gasteiger partial charge in [-0.25, -0.2) is 0 Å². The fourth-order valence-corrected chi connectivity index (χ4v) is 2.16. The highest BCUT2D eigenvalue weighted by Gasteiger charge is 2.12. The maximum Gasteiger partial charge on any atom is 0.224 e. The van der Waals surface area contributed by atoms with Crippen LogP contribution in [-0.4, -0.2) is 15.7 Å². The number of aryl methyl sites for hydroxylation is 3. The molecule has 0 atom stereocenters. The molecule has 1 aromatic heterocycles. The fourth-order valence-electron chi connectivity index (χ4n) is 2.16. The number of aromatic nitrogens is 2. The third-order valence-electron chi connectivity index (χ3n) is 3.37. The van der Waals surface area contributed by atoms with Crippen molar-refractivity contribution < 1.29 is 4.79 Å². The molecule has 1 amide bonds. The van der Waals surface area contributed by atoms with Gasteiger partial charge in [0.25, 0.3) is 0 Å². The van der Waals surface area contributed by atoms with E-state index >= 15 is 0 Å². The predicted molar refractivity (Wildman–Crippen MR) is 80.5 cm³/mol. The Morgan fingerprint density at radius 1 is 1.40 bits per heavy atom. The van der Waals surface area contributed by atoms with E-state index < -0.39 is 0 Å². The molecule has 2 rings (SSSR count). The van der Waals surface area contributed by atoms with Crippen LogP contribution in [0.4, 0.5) is 11.4 Å². The Morgan fingerprint density at radius 3 is 2.75 bits per heavy atom. The van der Waals surface area contributed by atoms with Crippen molar-refractivity contribution in [2.45, 2.75) is 26.7 Å². The van der Waals surface area contributed by atoms with Crippen molar-refractivity contribution in [3.05, 3.63) is 41.2 Å². The molecule has 0 saturated carbocycles. The van der Waals surface area contributed by atoms with Gasteiger partial charge in [-0.1, -0.05) is 12.1 Å². The topological polar surface area (TPSA) is 72.9 Å². The van der Waals surface area contributed by atoms with Gasteiger partial charge < -0.3 is 11.1 Å². The zero-order valence-electron chi connectivity index (χ0n) is 12.1. The minimum Gasteiger partial charge on any atom is -0.399 e. The molecule has 3 N–H and O–H groups in total. The Bertz CT molecular complexity index is 631. The summed E-state index contributed by atoms with van der Waals surface area (Å²) in [5.74, 6) is -0.00776. The van der Waals surface area contributed by atoms with Crippen LogP contribution in [0.15, 0.2) is 24.3 Å². The van der Waals surface area contributed by atoms with Gasteiger partial charge in [-0.2, -0.15) is 5.10 Å². The summed E-state index contributed by atoms with van der Waals surface area (Å²) in [4.78, 5) is 12.0. The lowest BCUT2D eigenvalue weighted by Gasteiger charge is -2.06. The Kier molecular flexibility index (Phi) is 4.08. The van der Waals surface area contributed by atoms with Crippen LogP contribution >= 0.6 is 0 Å². The second kappa shape index (κ2) is 5.77. The number of rotatable bonds is 4. The standard InChI is InChI=1S/C15H20N4O/c1-10-15(11(2)19(3)18-10)17-14(20)8-7-12-5-4-6-13(16)9-12/h4-6,9H,7-8,16H2,1-3H3,(H,17,20). The number of nitrogens with two attached hydrogens (primary N) is 1. The first-order chi connectivity index (χ1) is 9.47. The third kappa shape index (κ3) is 3.17. The Hall–Kier alpha value is -2.30. The summed E-state index contributed by atoms with van der Waals surface area (Å²) >= 11 is 0. The Labute approximate surface area is 118 Å². The molecule has 1 aromatic carbocycles. The minimum atomic E-state index is -0.00776. The molecule has 0 spiro atoms. The van der Waals surface area contributed by atoms with E-state index in [9.17, 15) is 4.79 Å². The van der Waals surface area contributed by atoms with E-state index in [-0.39, 0.29) is 5.91 Å². The lowest BCUT2D eigenvalue weighted by molar-refractivity contribution is -0.116. The van der Waals surface area contributed by atoms with Gasteiger partial charge in [0.1, 0.15) is 0 Å². The average molecular weight is 272 g/mol. The number of carbonyl (C=O) groups is 1. The number of carbonyl (C=O) groups excluding carboxylic acids is 1. The zero-order valence-corrected chi connectivity index (χ0v) is 12.1. The maximum absolute atomic E-state index is 12.0. The van der Waals surface area contributed by atoms with Gasteiger partial charge in [0.2, 0.25) is 5.91 Å². The summed E-state index contributed by atoms with van der Waals surface area (Å²) in [6.45, 7) is 3.83. The fraction of sp³-hybridized carbons (Fsp3) is 0.333. The smallest absolute Gasteiger partial charge is 0.224 e. The van der Waals surface area contributed by atoms with E-state index in [4.69, 9.17) is 5.73 Å². The van der Waals surface area contributed by atoms with Gasteiger partial charge in [-0.3, -0.25) is 9.48 Å². The van der Waals surface area contributed by atoms with Crippen molar-refractivity contribution in [2.75, 3.05) is 11.1 Å². The van der Waals surface area contributed by atoms with Crippen LogP contribution in [0.5, 0.6) is 0 Å². The van der Waals surface area contributed by atoms with Gasteiger partial charge in [0.15, 0.2) is 0 Å². The van der Waals surface area contributed by atoms with Crippen LogP contribution in [0, 0.1) is 13.8 Å². The first-order valence-corrected chi connectivity index (χ1v) is 6.62. The summed E-state index contributed by atoms with van der Waals surface area (Å²) < 4.78 is 1.77. The number of nitrogens with zero attached hydrogens (tertiary/aromatic N) is 2. The normalized spacial score (nSPS) is 10.6. The van der Waals surface area contributed by atoms with Gasteiger partial charge in [-0.15, -0.1) is 0 Å². The molecule has 0 aliphatic carbocycles. The summed E-state index contributed by atoms with van der Waals surface area (Å²) in [6.07, 6.45) is 1.10.